The van der Waals surface area contributed by atoms with Crippen LogP contribution in [0.1, 0.15) is 19.4 Å². The minimum atomic E-state index is -0.125. The second-order valence-corrected chi connectivity index (χ2v) is 5.04. The average Bonchev–Trinajstić information content (AvgIpc) is 2.28. The molecule has 90 valence electrons. The fourth-order valence-corrected chi connectivity index (χ4v) is 2.21. The minimum absolute atomic E-state index is 0.125. The van der Waals surface area contributed by atoms with Gasteiger partial charge < -0.3 is 15.2 Å². The first-order valence-electron chi connectivity index (χ1n) is 5.09. The monoisotopic (exact) mass is 287 g/mol. The molecule has 1 rings (SSSR count). The predicted molar refractivity (Wildman–Crippen MR) is 69.3 cm³/mol. The molecule has 0 radical (unpaired) electrons. The summed E-state index contributed by atoms with van der Waals surface area (Å²) in [6.07, 6.45) is 0. The maximum Gasteiger partial charge on any atom is 0.140 e. The average molecular weight is 288 g/mol. The molecule has 0 aliphatic carbocycles. The summed E-state index contributed by atoms with van der Waals surface area (Å²) in [5, 5.41) is 0. The van der Waals surface area contributed by atoms with Crippen LogP contribution in [0.25, 0.3) is 0 Å². The van der Waals surface area contributed by atoms with Gasteiger partial charge >= 0.3 is 0 Å². The van der Waals surface area contributed by atoms with Crippen LogP contribution in [-0.2, 0) is 5.41 Å². The Kier molecular flexibility index (Phi) is 4.21. The van der Waals surface area contributed by atoms with Gasteiger partial charge in [-0.25, -0.2) is 0 Å². The maximum atomic E-state index is 5.78. The Hall–Kier alpha value is -0.740. The van der Waals surface area contributed by atoms with Crippen LogP contribution < -0.4 is 15.2 Å². The number of methoxy groups -OCH3 is 2. The summed E-state index contributed by atoms with van der Waals surface area (Å²) in [5.41, 5.74) is 6.73. The molecule has 3 nitrogen and oxygen atoms in total. The molecule has 0 aliphatic rings. The van der Waals surface area contributed by atoms with E-state index < -0.39 is 0 Å². The molecule has 1 aromatic rings. The second kappa shape index (κ2) is 5.06. The third kappa shape index (κ3) is 2.33. The van der Waals surface area contributed by atoms with Gasteiger partial charge in [0.05, 0.1) is 14.2 Å². The molecular weight excluding hydrogens is 270 g/mol. The van der Waals surface area contributed by atoms with Crippen LogP contribution in [0.15, 0.2) is 16.6 Å². The van der Waals surface area contributed by atoms with E-state index in [1.54, 1.807) is 14.2 Å². The van der Waals surface area contributed by atoms with Crippen LogP contribution >= 0.6 is 15.9 Å². The first-order chi connectivity index (χ1) is 7.47. The summed E-state index contributed by atoms with van der Waals surface area (Å²) in [6.45, 7) is 4.73. The summed E-state index contributed by atoms with van der Waals surface area (Å²) in [6, 6.07) is 3.91. The van der Waals surface area contributed by atoms with Crippen molar-refractivity contribution in [3.05, 3.63) is 22.2 Å². The van der Waals surface area contributed by atoms with Crippen molar-refractivity contribution < 1.29 is 9.47 Å². The lowest BCUT2D eigenvalue weighted by atomic mass is 9.84. The zero-order valence-corrected chi connectivity index (χ0v) is 11.7. The molecule has 0 aliphatic heterocycles. The molecule has 0 bridgehead atoms. The molecule has 0 heterocycles. The summed E-state index contributed by atoms with van der Waals surface area (Å²) in [7, 11) is 3.28. The van der Waals surface area contributed by atoms with E-state index in [2.05, 4.69) is 29.8 Å². The van der Waals surface area contributed by atoms with Gasteiger partial charge in [-0.05, 0) is 22.0 Å². The highest BCUT2D eigenvalue weighted by Crippen LogP contribution is 2.41. The molecule has 2 N–H and O–H groups in total. The number of hydrogen-bond acceptors (Lipinski definition) is 3. The number of benzene rings is 1. The van der Waals surface area contributed by atoms with Crippen molar-refractivity contribution in [2.75, 3.05) is 20.8 Å². The molecule has 0 saturated heterocycles. The SMILES string of the molecule is COc1ccc(C(C)(C)CN)c(OC)c1Br. The summed E-state index contributed by atoms with van der Waals surface area (Å²) in [5.74, 6) is 1.54. The van der Waals surface area contributed by atoms with Crippen LogP contribution in [-0.4, -0.2) is 20.8 Å². The molecule has 0 spiro atoms. The molecule has 1 aromatic carbocycles. The van der Waals surface area contributed by atoms with Gasteiger partial charge in [-0.1, -0.05) is 19.9 Å². The predicted octanol–water partition coefficient (Wildman–Crippen LogP) is 2.70. The first-order valence-corrected chi connectivity index (χ1v) is 5.88. The lowest BCUT2D eigenvalue weighted by Crippen LogP contribution is -2.28. The normalized spacial score (nSPS) is 11.4. The lowest BCUT2D eigenvalue weighted by molar-refractivity contribution is 0.376. The van der Waals surface area contributed by atoms with Crippen molar-refractivity contribution in [1.82, 2.24) is 0 Å². The Labute approximate surface area is 105 Å². The van der Waals surface area contributed by atoms with E-state index in [1.807, 2.05) is 12.1 Å². The third-order valence-electron chi connectivity index (χ3n) is 2.73. The molecule has 0 saturated carbocycles. The van der Waals surface area contributed by atoms with Gasteiger partial charge in [0.25, 0.3) is 0 Å². The van der Waals surface area contributed by atoms with Gasteiger partial charge in [-0.2, -0.15) is 0 Å². The molecule has 0 aromatic heterocycles. The largest absolute Gasteiger partial charge is 0.495 e. The summed E-state index contributed by atoms with van der Waals surface area (Å²) < 4.78 is 11.5. The number of nitrogens with two attached hydrogens (primary N) is 1. The second-order valence-electron chi connectivity index (χ2n) is 4.25. The van der Waals surface area contributed by atoms with Crippen LogP contribution in [0.5, 0.6) is 11.5 Å². The fourth-order valence-electron chi connectivity index (χ4n) is 1.54. The highest BCUT2D eigenvalue weighted by Gasteiger charge is 2.25. The van der Waals surface area contributed by atoms with E-state index >= 15 is 0 Å². The van der Waals surface area contributed by atoms with Crippen molar-refractivity contribution in [2.45, 2.75) is 19.3 Å². The van der Waals surface area contributed by atoms with Crippen molar-refractivity contribution in [2.24, 2.45) is 5.73 Å². The van der Waals surface area contributed by atoms with Gasteiger partial charge in [-0.3, -0.25) is 0 Å². The molecule has 16 heavy (non-hydrogen) atoms. The number of rotatable bonds is 4. The van der Waals surface area contributed by atoms with Crippen LogP contribution in [0.2, 0.25) is 0 Å². The minimum Gasteiger partial charge on any atom is -0.495 e. The number of ether oxygens (including phenoxy) is 2. The van der Waals surface area contributed by atoms with Gasteiger partial charge in [0, 0.05) is 17.5 Å². The summed E-state index contributed by atoms with van der Waals surface area (Å²) >= 11 is 3.48. The quantitative estimate of drug-likeness (QED) is 0.926. The van der Waals surface area contributed by atoms with Gasteiger partial charge in [0.2, 0.25) is 0 Å². The van der Waals surface area contributed by atoms with Gasteiger partial charge in [-0.15, -0.1) is 0 Å². The van der Waals surface area contributed by atoms with Crippen molar-refractivity contribution in [1.29, 1.82) is 0 Å². The summed E-state index contributed by atoms with van der Waals surface area (Å²) in [4.78, 5) is 0. The zero-order valence-electron chi connectivity index (χ0n) is 10.1. The van der Waals surface area contributed by atoms with Crippen molar-refractivity contribution in [3.8, 4) is 11.5 Å². The van der Waals surface area contributed by atoms with E-state index in [0.29, 0.717) is 6.54 Å². The maximum absolute atomic E-state index is 5.78. The van der Waals surface area contributed by atoms with Crippen LogP contribution in [0.3, 0.4) is 0 Å². The molecule has 0 amide bonds. The van der Waals surface area contributed by atoms with Crippen LogP contribution in [0.4, 0.5) is 0 Å². The lowest BCUT2D eigenvalue weighted by Gasteiger charge is -2.26. The van der Waals surface area contributed by atoms with Crippen molar-refractivity contribution in [3.63, 3.8) is 0 Å². The molecule has 4 heteroatoms. The van der Waals surface area contributed by atoms with Crippen molar-refractivity contribution >= 4 is 15.9 Å². The Bertz CT molecular complexity index is 378. The molecule has 0 atom stereocenters. The van der Waals surface area contributed by atoms with E-state index in [9.17, 15) is 0 Å². The van der Waals surface area contributed by atoms with E-state index in [0.717, 1.165) is 21.5 Å². The van der Waals surface area contributed by atoms with E-state index in [4.69, 9.17) is 15.2 Å². The standard InChI is InChI=1S/C12H18BrNO2/c1-12(2,7-14)8-5-6-9(15-3)10(13)11(8)16-4/h5-6H,7,14H2,1-4H3. The Balaban J connectivity index is 3.37. The number of halogens is 1. The smallest absolute Gasteiger partial charge is 0.140 e. The Morgan fingerprint density at radius 2 is 1.88 bits per heavy atom. The molecule has 0 fully saturated rings. The van der Waals surface area contributed by atoms with E-state index in [-0.39, 0.29) is 5.41 Å². The first kappa shape index (κ1) is 13.3. The van der Waals surface area contributed by atoms with E-state index in [1.165, 1.54) is 0 Å². The highest BCUT2D eigenvalue weighted by molar-refractivity contribution is 9.10. The Morgan fingerprint density at radius 3 is 2.31 bits per heavy atom. The fraction of sp³-hybridized carbons (Fsp3) is 0.500. The van der Waals surface area contributed by atoms with Gasteiger partial charge in [0.15, 0.2) is 0 Å². The Morgan fingerprint density at radius 1 is 1.25 bits per heavy atom. The number of hydrogen-bond donors (Lipinski definition) is 1. The van der Waals surface area contributed by atoms with Gasteiger partial charge in [0.1, 0.15) is 16.0 Å². The molecule has 0 unspecified atom stereocenters. The highest BCUT2D eigenvalue weighted by atomic mass is 79.9. The van der Waals surface area contributed by atoms with Crippen LogP contribution in [0, 0.1) is 0 Å². The third-order valence-corrected chi connectivity index (χ3v) is 3.48. The molecular formula is C12H18BrNO2. The zero-order chi connectivity index (χ0) is 12.3. The topological polar surface area (TPSA) is 44.5 Å².